The van der Waals surface area contributed by atoms with E-state index in [1.165, 1.54) is 6.33 Å². The summed E-state index contributed by atoms with van der Waals surface area (Å²) in [6.07, 6.45) is 2.91. The minimum Gasteiger partial charge on any atom is -0.395 e. The smallest absolute Gasteiger partial charge is 0.278 e. The van der Waals surface area contributed by atoms with E-state index in [9.17, 15) is 4.79 Å². The number of H-pyrrole nitrogens is 1. The summed E-state index contributed by atoms with van der Waals surface area (Å²) in [4.78, 5) is 24.3. The number of imidazole rings is 1. The second-order valence-corrected chi connectivity index (χ2v) is 4.97. The molecule has 0 spiro atoms. The number of aromatic nitrogens is 4. The van der Waals surface area contributed by atoms with Gasteiger partial charge in [0.05, 0.1) is 19.5 Å². The normalized spacial score (nSPS) is 11.0. The highest BCUT2D eigenvalue weighted by molar-refractivity contribution is 5.71. The summed E-state index contributed by atoms with van der Waals surface area (Å²) in [6, 6.07) is 7.53. The van der Waals surface area contributed by atoms with Gasteiger partial charge in [-0.3, -0.25) is 9.36 Å². The zero-order valence-electron chi connectivity index (χ0n) is 12.4. The monoisotopic (exact) mass is 315 g/mol. The topological polar surface area (TPSA) is 107 Å². The Balaban J connectivity index is 1.95. The molecule has 8 nitrogen and oxygen atoms in total. The molecule has 2 aromatic heterocycles. The first-order chi connectivity index (χ1) is 11.2. The Morgan fingerprint density at radius 2 is 1.78 bits per heavy atom. The maximum atomic E-state index is 11.7. The SMILES string of the molecule is O=c1[nH]cnc2c1ncn2-c1ccc(N(CCO)CCO)cc1. The highest BCUT2D eigenvalue weighted by atomic mass is 16.3. The maximum absolute atomic E-state index is 11.7. The van der Waals surface area contributed by atoms with Crippen molar-refractivity contribution >= 4 is 16.9 Å². The number of fused-ring (bicyclic) bond motifs is 1. The Morgan fingerprint density at radius 3 is 2.43 bits per heavy atom. The van der Waals surface area contributed by atoms with Gasteiger partial charge in [0.1, 0.15) is 6.33 Å². The van der Waals surface area contributed by atoms with Crippen molar-refractivity contribution in [1.29, 1.82) is 0 Å². The van der Waals surface area contributed by atoms with Crippen molar-refractivity contribution in [2.75, 3.05) is 31.2 Å². The van der Waals surface area contributed by atoms with Crippen molar-refractivity contribution in [3.8, 4) is 5.69 Å². The lowest BCUT2D eigenvalue weighted by Crippen LogP contribution is -2.29. The fourth-order valence-corrected chi connectivity index (χ4v) is 2.47. The number of aliphatic hydroxyl groups excluding tert-OH is 2. The van der Waals surface area contributed by atoms with Gasteiger partial charge in [-0.25, -0.2) is 9.97 Å². The van der Waals surface area contributed by atoms with Crippen molar-refractivity contribution in [3.63, 3.8) is 0 Å². The van der Waals surface area contributed by atoms with Crippen LogP contribution in [0.3, 0.4) is 0 Å². The molecule has 23 heavy (non-hydrogen) atoms. The molecule has 3 N–H and O–H groups in total. The van der Waals surface area contributed by atoms with Crippen LogP contribution in [0.25, 0.3) is 16.9 Å². The molecule has 3 aromatic rings. The number of nitrogens with one attached hydrogen (secondary N) is 1. The number of aromatic amines is 1. The number of anilines is 1. The molecule has 0 unspecified atom stereocenters. The Morgan fingerprint density at radius 1 is 1.09 bits per heavy atom. The van der Waals surface area contributed by atoms with Crippen molar-refractivity contribution in [2.24, 2.45) is 0 Å². The number of hydrogen-bond acceptors (Lipinski definition) is 6. The van der Waals surface area contributed by atoms with Crippen molar-refractivity contribution in [1.82, 2.24) is 19.5 Å². The lowest BCUT2D eigenvalue weighted by molar-refractivity contribution is 0.281. The van der Waals surface area contributed by atoms with Gasteiger partial charge in [0.15, 0.2) is 11.2 Å². The Hall–Kier alpha value is -2.71. The maximum Gasteiger partial charge on any atom is 0.278 e. The Bertz CT molecular complexity index is 834. The van der Waals surface area contributed by atoms with Gasteiger partial charge in [0.25, 0.3) is 5.56 Å². The van der Waals surface area contributed by atoms with Crippen LogP contribution in [0.2, 0.25) is 0 Å². The van der Waals surface area contributed by atoms with E-state index in [2.05, 4.69) is 15.0 Å². The fraction of sp³-hybridized carbons (Fsp3) is 0.267. The summed E-state index contributed by atoms with van der Waals surface area (Å²) in [5.41, 5.74) is 2.22. The minimum absolute atomic E-state index is 0.0145. The summed E-state index contributed by atoms with van der Waals surface area (Å²) in [5, 5.41) is 18.2. The van der Waals surface area contributed by atoms with Gasteiger partial charge in [0, 0.05) is 24.5 Å². The first kappa shape index (κ1) is 15.2. The summed E-state index contributed by atoms with van der Waals surface area (Å²) in [6.45, 7) is 0.927. The largest absolute Gasteiger partial charge is 0.395 e. The van der Waals surface area contributed by atoms with Gasteiger partial charge in [-0.2, -0.15) is 0 Å². The van der Waals surface area contributed by atoms with Crippen molar-refractivity contribution < 1.29 is 10.2 Å². The van der Waals surface area contributed by atoms with E-state index in [1.54, 1.807) is 10.9 Å². The van der Waals surface area contributed by atoms with Crippen LogP contribution >= 0.6 is 0 Å². The molecule has 2 heterocycles. The molecular weight excluding hydrogens is 298 g/mol. The number of rotatable bonds is 6. The number of aliphatic hydroxyl groups is 2. The molecule has 1 aromatic carbocycles. The predicted octanol–water partition coefficient (Wildman–Crippen LogP) is -0.100. The lowest BCUT2D eigenvalue weighted by Gasteiger charge is -2.23. The summed E-state index contributed by atoms with van der Waals surface area (Å²) < 4.78 is 1.73. The van der Waals surface area contributed by atoms with Crippen LogP contribution in [0.15, 0.2) is 41.7 Å². The summed E-state index contributed by atoms with van der Waals surface area (Å²) in [5.74, 6) is 0. The van der Waals surface area contributed by atoms with E-state index >= 15 is 0 Å². The third kappa shape index (κ3) is 2.94. The third-order valence-corrected chi connectivity index (χ3v) is 3.57. The van der Waals surface area contributed by atoms with E-state index in [0.29, 0.717) is 24.3 Å². The van der Waals surface area contributed by atoms with Crippen LogP contribution in [-0.2, 0) is 0 Å². The standard InChI is InChI=1S/C15H17N5O3/c21-7-5-19(6-8-22)11-1-3-12(4-2-11)20-10-18-13-14(20)16-9-17-15(13)23/h1-4,9-10,21-22H,5-8H2,(H,16,17,23). The van der Waals surface area contributed by atoms with Crippen LogP contribution < -0.4 is 10.5 Å². The van der Waals surface area contributed by atoms with Gasteiger partial charge in [0.2, 0.25) is 0 Å². The molecule has 0 fully saturated rings. The minimum atomic E-state index is -0.276. The average molecular weight is 315 g/mol. The van der Waals surface area contributed by atoms with Crippen LogP contribution in [0.1, 0.15) is 0 Å². The number of benzene rings is 1. The molecule has 0 aliphatic heterocycles. The second kappa shape index (κ2) is 6.59. The predicted molar refractivity (Wildman–Crippen MR) is 85.9 cm³/mol. The van der Waals surface area contributed by atoms with E-state index in [4.69, 9.17) is 10.2 Å². The molecule has 0 amide bonds. The third-order valence-electron chi connectivity index (χ3n) is 3.57. The van der Waals surface area contributed by atoms with E-state index in [1.807, 2.05) is 29.2 Å². The van der Waals surface area contributed by atoms with Gasteiger partial charge in [-0.05, 0) is 24.3 Å². The van der Waals surface area contributed by atoms with Crippen molar-refractivity contribution in [3.05, 3.63) is 47.3 Å². The molecule has 0 bridgehead atoms. The van der Waals surface area contributed by atoms with Crippen LogP contribution in [0.4, 0.5) is 5.69 Å². The zero-order valence-corrected chi connectivity index (χ0v) is 12.4. The molecule has 0 saturated carbocycles. The second-order valence-electron chi connectivity index (χ2n) is 4.97. The molecule has 120 valence electrons. The van der Waals surface area contributed by atoms with Crippen LogP contribution in [0.5, 0.6) is 0 Å². The Labute approximate surface area is 131 Å². The van der Waals surface area contributed by atoms with Gasteiger partial charge in [-0.1, -0.05) is 0 Å². The average Bonchev–Trinajstić information content (AvgIpc) is 3.00. The molecule has 0 aliphatic carbocycles. The number of hydrogen-bond donors (Lipinski definition) is 3. The molecule has 0 aliphatic rings. The molecular formula is C15H17N5O3. The molecule has 0 atom stereocenters. The van der Waals surface area contributed by atoms with E-state index in [0.717, 1.165) is 11.4 Å². The Kier molecular flexibility index (Phi) is 4.35. The summed E-state index contributed by atoms with van der Waals surface area (Å²) >= 11 is 0. The quantitative estimate of drug-likeness (QED) is 0.586. The van der Waals surface area contributed by atoms with Crippen LogP contribution in [-0.4, -0.2) is 56.0 Å². The molecule has 0 saturated heterocycles. The van der Waals surface area contributed by atoms with Crippen LogP contribution in [0, 0.1) is 0 Å². The highest BCUT2D eigenvalue weighted by Crippen LogP contribution is 2.19. The van der Waals surface area contributed by atoms with Gasteiger partial charge in [-0.15, -0.1) is 0 Å². The molecule has 3 rings (SSSR count). The van der Waals surface area contributed by atoms with Gasteiger partial charge < -0.3 is 20.1 Å². The number of nitrogens with zero attached hydrogens (tertiary/aromatic N) is 4. The van der Waals surface area contributed by atoms with Gasteiger partial charge >= 0.3 is 0 Å². The van der Waals surface area contributed by atoms with Crippen molar-refractivity contribution in [2.45, 2.75) is 0 Å². The summed E-state index contributed by atoms with van der Waals surface area (Å²) in [7, 11) is 0. The molecule has 8 heteroatoms. The highest BCUT2D eigenvalue weighted by Gasteiger charge is 2.10. The zero-order chi connectivity index (χ0) is 16.2. The first-order valence-electron chi connectivity index (χ1n) is 7.22. The lowest BCUT2D eigenvalue weighted by atomic mass is 10.2. The van der Waals surface area contributed by atoms with E-state index < -0.39 is 0 Å². The fourth-order valence-electron chi connectivity index (χ4n) is 2.47. The molecule has 0 radical (unpaired) electrons. The first-order valence-corrected chi connectivity index (χ1v) is 7.22. The van der Waals surface area contributed by atoms with E-state index in [-0.39, 0.29) is 18.8 Å².